The minimum atomic E-state index is -1.08. The number of likely N-dealkylation sites (tertiary alicyclic amines) is 1. The van der Waals surface area contributed by atoms with E-state index in [1.807, 2.05) is 0 Å². The number of ether oxygens (including phenoxy) is 1. The molecular formula is C11H20N2O4. The molecule has 0 radical (unpaired) electrons. The monoisotopic (exact) mass is 244 g/mol. The summed E-state index contributed by atoms with van der Waals surface area (Å²) in [4.78, 5) is 24.9. The Hall–Kier alpha value is -1.14. The van der Waals surface area contributed by atoms with E-state index < -0.39 is 17.6 Å². The Labute approximate surface area is 101 Å². The van der Waals surface area contributed by atoms with E-state index in [2.05, 4.69) is 0 Å². The van der Waals surface area contributed by atoms with E-state index >= 15 is 0 Å². The lowest BCUT2D eigenvalue weighted by Crippen LogP contribution is -2.57. The molecule has 1 aliphatic heterocycles. The van der Waals surface area contributed by atoms with Crippen LogP contribution < -0.4 is 5.73 Å². The molecule has 0 aliphatic carbocycles. The number of amides is 1. The van der Waals surface area contributed by atoms with Gasteiger partial charge in [-0.15, -0.1) is 0 Å². The summed E-state index contributed by atoms with van der Waals surface area (Å²) in [6.45, 7) is 2.34. The molecule has 2 atom stereocenters. The number of hydrogen-bond acceptors (Lipinski definition) is 4. The van der Waals surface area contributed by atoms with Crippen molar-refractivity contribution in [2.45, 2.75) is 37.8 Å². The highest BCUT2D eigenvalue weighted by Gasteiger charge is 2.49. The Morgan fingerprint density at radius 1 is 1.59 bits per heavy atom. The minimum absolute atomic E-state index is 0.106. The SMILES string of the molecule is CCC1(C(=O)O)CCCN1C(=O)C(N)COC. The first kappa shape index (κ1) is 13.9. The van der Waals surface area contributed by atoms with Crippen LogP contribution in [-0.4, -0.2) is 53.7 Å². The third-order valence-electron chi connectivity index (χ3n) is 3.40. The Morgan fingerprint density at radius 2 is 2.24 bits per heavy atom. The molecule has 0 saturated carbocycles. The minimum Gasteiger partial charge on any atom is -0.479 e. The highest BCUT2D eigenvalue weighted by atomic mass is 16.5. The van der Waals surface area contributed by atoms with E-state index in [-0.39, 0.29) is 12.5 Å². The molecule has 98 valence electrons. The van der Waals surface area contributed by atoms with E-state index in [9.17, 15) is 14.7 Å². The van der Waals surface area contributed by atoms with Crippen LogP contribution in [0.15, 0.2) is 0 Å². The molecule has 1 rings (SSSR count). The van der Waals surface area contributed by atoms with E-state index in [0.29, 0.717) is 25.8 Å². The molecule has 1 aliphatic rings. The van der Waals surface area contributed by atoms with Crippen molar-refractivity contribution in [3.05, 3.63) is 0 Å². The van der Waals surface area contributed by atoms with Crippen molar-refractivity contribution in [1.82, 2.24) is 4.90 Å². The average molecular weight is 244 g/mol. The largest absolute Gasteiger partial charge is 0.479 e. The van der Waals surface area contributed by atoms with Crippen LogP contribution in [0, 0.1) is 0 Å². The standard InChI is InChI=1S/C11H20N2O4/c1-3-11(10(15)16)5-4-6-13(11)9(14)8(12)7-17-2/h8H,3-7,12H2,1-2H3,(H,15,16). The molecule has 0 bridgehead atoms. The summed E-state index contributed by atoms with van der Waals surface area (Å²) < 4.78 is 4.83. The maximum atomic E-state index is 12.1. The highest BCUT2D eigenvalue weighted by molar-refractivity contribution is 5.90. The van der Waals surface area contributed by atoms with Gasteiger partial charge in [0, 0.05) is 13.7 Å². The molecule has 6 nitrogen and oxygen atoms in total. The quantitative estimate of drug-likeness (QED) is 0.699. The molecule has 1 amide bonds. The molecule has 1 saturated heterocycles. The zero-order valence-corrected chi connectivity index (χ0v) is 10.3. The molecule has 0 spiro atoms. The number of carbonyl (C=O) groups excluding carboxylic acids is 1. The Bertz CT molecular complexity index is 308. The maximum absolute atomic E-state index is 12.1. The summed E-state index contributed by atoms with van der Waals surface area (Å²) in [6.07, 6.45) is 1.59. The predicted molar refractivity (Wildman–Crippen MR) is 61.5 cm³/mol. The number of carbonyl (C=O) groups is 2. The third-order valence-corrected chi connectivity index (χ3v) is 3.40. The van der Waals surface area contributed by atoms with Gasteiger partial charge in [-0.1, -0.05) is 6.92 Å². The second-order valence-electron chi connectivity index (χ2n) is 4.35. The van der Waals surface area contributed by atoms with Crippen molar-refractivity contribution in [2.24, 2.45) is 5.73 Å². The molecule has 0 aromatic carbocycles. The van der Waals surface area contributed by atoms with Crippen LogP contribution in [0.2, 0.25) is 0 Å². The smallest absolute Gasteiger partial charge is 0.329 e. The van der Waals surface area contributed by atoms with E-state index in [1.165, 1.54) is 12.0 Å². The van der Waals surface area contributed by atoms with Crippen molar-refractivity contribution in [3.63, 3.8) is 0 Å². The number of aliphatic carboxylic acids is 1. The second-order valence-corrected chi connectivity index (χ2v) is 4.35. The van der Waals surface area contributed by atoms with Gasteiger partial charge in [-0.05, 0) is 19.3 Å². The van der Waals surface area contributed by atoms with Crippen LogP contribution in [0.1, 0.15) is 26.2 Å². The number of methoxy groups -OCH3 is 1. The molecule has 1 fully saturated rings. The summed E-state index contributed by atoms with van der Waals surface area (Å²) in [5.41, 5.74) is 4.59. The van der Waals surface area contributed by atoms with Gasteiger partial charge in [0.15, 0.2) is 0 Å². The zero-order chi connectivity index (χ0) is 13.1. The van der Waals surface area contributed by atoms with Crippen LogP contribution in [-0.2, 0) is 14.3 Å². The first-order chi connectivity index (χ1) is 7.99. The molecule has 3 N–H and O–H groups in total. The number of carboxylic acid groups (broad SMARTS) is 1. The molecule has 6 heteroatoms. The summed E-state index contributed by atoms with van der Waals surface area (Å²) in [7, 11) is 1.46. The van der Waals surface area contributed by atoms with Crippen molar-refractivity contribution in [2.75, 3.05) is 20.3 Å². The van der Waals surface area contributed by atoms with Gasteiger partial charge in [-0.25, -0.2) is 4.79 Å². The van der Waals surface area contributed by atoms with Gasteiger partial charge in [0.25, 0.3) is 0 Å². The Kier molecular flexibility index (Phi) is 4.47. The number of nitrogens with zero attached hydrogens (tertiary/aromatic N) is 1. The van der Waals surface area contributed by atoms with Gasteiger partial charge in [0.05, 0.1) is 6.61 Å². The summed E-state index contributed by atoms with van der Waals surface area (Å²) in [5, 5.41) is 9.33. The Morgan fingerprint density at radius 3 is 2.71 bits per heavy atom. The molecule has 2 unspecified atom stereocenters. The topological polar surface area (TPSA) is 92.9 Å². The highest BCUT2D eigenvalue weighted by Crippen LogP contribution is 2.33. The van der Waals surface area contributed by atoms with Gasteiger partial charge in [-0.3, -0.25) is 4.79 Å². The van der Waals surface area contributed by atoms with Gasteiger partial charge in [0.2, 0.25) is 5.91 Å². The molecule has 1 heterocycles. The maximum Gasteiger partial charge on any atom is 0.329 e. The fraction of sp³-hybridized carbons (Fsp3) is 0.818. The molecule has 0 aromatic heterocycles. The lowest BCUT2D eigenvalue weighted by molar-refractivity contribution is -0.157. The van der Waals surface area contributed by atoms with E-state index in [0.717, 1.165) is 0 Å². The van der Waals surface area contributed by atoms with Gasteiger partial charge >= 0.3 is 5.97 Å². The van der Waals surface area contributed by atoms with E-state index in [1.54, 1.807) is 6.92 Å². The van der Waals surface area contributed by atoms with Crippen LogP contribution in [0.4, 0.5) is 0 Å². The van der Waals surface area contributed by atoms with Crippen molar-refractivity contribution in [1.29, 1.82) is 0 Å². The van der Waals surface area contributed by atoms with Crippen LogP contribution in [0.5, 0.6) is 0 Å². The predicted octanol–water partition coefficient (Wildman–Crippen LogP) is -0.184. The number of nitrogens with two attached hydrogens (primary N) is 1. The van der Waals surface area contributed by atoms with Crippen LogP contribution >= 0.6 is 0 Å². The van der Waals surface area contributed by atoms with Crippen LogP contribution in [0.3, 0.4) is 0 Å². The van der Waals surface area contributed by atoms with Crippen LogP contribution in [0.25, 0.3) is 0 Å². The van der Waals surface area contributed by atoms with E-state index in [4.69, 9.17) is 10.5 Å². The number of carboxylic acids is 1. The summed E-state index contributed by atoms with van der Waals surface area (Å²) in [5.74, 6) is -1.29. The van der Waals surface area contributed by atoms with Gasteiger partial charge in [0.1, 0.15) is 11.6 Å². The average Bonchev–Trinajstić information content (AvgIpc) is 2.73. The normalized spacial score (nSPS) is 25.9. The molecule has 17 heavy (non-hydrogen) atoms. The Balaban J connectivity index is 2.88. The number of rotatable bonds is 5. The van der Waals surface area contributed by atoms with Crippen molar-refractivity contribution < 1.29 is 19.4 Å². The summed E-state index contributed by atoms with van der Waals surface area (Å²) >= 11 is 0. The molecular weight excluding hydrogens is 224 g/mol. The van der Waals surface area contributed by atoms with Gasteiger partial charge in [-0.2, -0.15) is 0 Å². The first-order valence-corrected chi connectivity index (χ1v) is 5.79. The fourth-order valence-corrected chi connectivity index (χ4v) is 2.39. The summed E-state index contributed by atoms with van der Waals surface area (Å²) in [6, 6.07) is -0.789. The second kappa shape index (κ2) is 5.46. The lowest BCUT2D eigenvalue weighted by atomic mass is 9.92. The first-order valence-electron chi connectivity index (χ1n) is 5.79. The fourth-order valence-electron chi connectivity index (χ4n) is 2.39. The van der Waals surface area contributed by atoms with Crippen molar-refractivity contribution >= 4 is 11.9 Å². The van der Waals surface area contributed by atoms with Gasteiger partial charge < -0.3 is 20.5 Å². The lowest BCUT2D eigenvalue weighted by Gasteiger charge is -2.35. The van der Waals surface area contributed by atoms with Crippen molar-refractivity contribution in [3.8, 4) is 0 Å². The number of hydrogen-bond donors (Lipinski definition) is 2. The molecule has 0 aromatic rings. The third kappa shape index (κ3) is 2.42. The zero-order valence-electron chi connectivity index (χ0n) is 10.3.